The van der Waals surface area contributed by atoms with E-state index in [4.69, 9.17) is 4.74 Å². The molecule has 2 aliphatic carbocycles. The Morgan fingerprint density at radius 2 is 1.71 bits per heavy atom. The molecule has 0 spiro atoms. The molecule has 3 nitrogen and oxygen atoms in total. The van der Waals surface area contributed by atoms with Crippen molar-refractivity contribution < 1.29 is 9.53 Å². The molecule has 0 radical (unpaired) electrons. The first-order valence-corrected chi connectivity index (χ1v) is 12.1. The number of carbonyl (C=O) groups excluding carboxylic acids is 1. The van der Waals surface area contributed by atoms with E-state index < -0.39 is 0 Å². The highest BCUT2D eigenvalue weighted by molar-refractivity contribution is 7.11. The fraction of sp³-hybridized carbons (Fsp3) is 0.370. The second-order valence-corrected chi connectivity index (χ2v) is 10.5. The quantitative estimate of drug-likeness (QED) is 0.406. The van der Waals surface area contributed by atoms with E-state index in [1.165, 1.54) is 33.7 Å². The average molecular weight is 432 g/mol. The summed E-state index contributed by atoms with van der Waals surface area (Å²) in [4.78, 5) is 15.3. The topological polar surface area (TPSA) is 38.3 Å². The van der Waals surface area contributed by atoms with Gasteiger partial charge in [-0.05, 0) is 98.9 Å². The van der Waals surface area contributed by atoms with Crippen LogP contribution in [0.25, 0.3) is 0 Å². The molecule has 1 aromatic heterocycles. The molecule has 31 heavy (non-hydrogen) atoms. The van der Waals surface area contributed by atoms with Gasteiger partial charge >= 0.3 is 5.97 Å². The van der Waals surface area contributed by atoms with E-state index in [0.717, 1.165) is 24.9 Å². The van der Waals surface area contributed by atoms with Gasteiger partial charge in [0, 0.05) is 22.3 Å². The number of fused-ring (bicyclic) bond motifs is 3. The fourth-order valence-electron chi connectivity index (χ4n) is 5.24. The maximum absolute atomic E-state index is 12.5. The number of hydrogen-bond acceptors (Lipinski definition) is 4. The van der Waals surface area contributed by atoms with Gasteiger partial charge in [0.05, 0.1) is 5.56 Å². The van der Waals surface area contributed by atoms with Crippen molar-refractivity contribution in [3.8, 4) is 5.75 Å². The molecular formula is C27H29NO2S. The molecule has 1 fully saturated rings. The SMILES string of the molecule is Cc1ccc(C(=O)Oc2ccc3c(c2)C[C@H]2CC[C@@H](C3)[C@H]2NCc2ccc(C)s2)cc1. The standard InChI is InChI=1S/C27H29NO2S/c1-17-3-6-19(7-4-17)27(29)30-24-11-10-20-13-21-8-9-22(14-23(20)15-24)26(21)28-16-25-12-5-18(2)31-25/h3-7,10-12,15,21-22,26,28H,8-9,13-14,16H2,1-2H3/t21-,22+,26+/m0/s1. The summed E-state index contributed by atoms with van der Waals surface area (Å²) >= 11 is 1.89. The predicted octanol–water partition coefficient (Wildman–Crippen LogP) is 5.87. The molecule has 0 saturated heterocycles. The van der Waals surface area contributed by atoms with Crippen LogP contribution in [0.4, 0.5) is 0 Å². The monoisotopic (exact) mass is 431 g/mol. The van der Waals surface area contributed by atoms with E-state index in [1.54, 1.807) is 0 Å². The summed E-state index contributed by atoms with van der Waals surface area (Å²) in [6.45, 7) is 5.15. The van der Waals surface area contributed by atoms with Crippen molar-refractivity contribution in [3.63, 3.8) is 0 Å². The van der Waals surface area contributed by atoms with Crippen LogP contribution in [0.5, 0.6) is 5.75 Å². The number of nitrogens with one attached hydrogen (secondary N) is 1. The highest BCUT2D eigenvalue weighted by Gasteiger charge is 2.38. The Hall–Kier alpha value is -2.43. The molecule has 0 amide bonds. The summed E-state index contributed by atoms with van der Waals surface area (Å²) < 4.78 is 5.71. The summed E-state index contributed by atoms with van der Waals surface area (Å²) in [6.07, 6.45) is 4.75. The summed E-state index contributed by atoms with van der Waals surface area (Å²) in [6, 6.07) is 18.8. The van der Waals surface area contributed by atoms with Gasteiger partial charge in [-0.1, -0.05) is 23.8 Å². The van der Waals surface area contributed by atoms with E-state index >= 15 is 0 Å². The molecule has 2 aromatic carbocycles. The first-order valence-electron chi connectivity index (χ1n) is 11.2. The van der Waals surface area contributed by atoms with Crippen LogP contribution in [0.1, 0.15) is 49.6 Å². The molecule has 5 rings (SSSR count). The molecule has 1 saturated carbocycles. The van der Waals surface area contributed by atoms with Gasteiger partial charge in [0.15, 0.2) is 0 Å². The summed E-state index contributed by atoms with van der Waals surface area (Å²) in [5.41, 5.74) is 4.49. The van der Waals surface area contributed by atoms with E-state index in [-0.39, 0.29) is 5.97 Å². The number of esters is 1. The first-order chi connectivity index (χ1) is 15.0. The zero-order valence-electron chi connectivity index (χ0n) is 18.2. The van der Waals surface area contributed by atoms with Gasteiger partial charge in [-0.15, -0.1) is 11.3 Å². The lowest BCUT2D eigenvalue weighted by Crippen LogP contribution is -2.37. The first kappa shape index (κ1) is 20.5. The number of aryl methyl sites for hydroxylation is 2. The molecule has 2 bridgehead atoms. The fourth-order valence-corrected chi connectivity index (χ4v) is 6.08. The summed E-state index contributed by atoms with van der Waals surface area (Å²) in [5.74, 6) is 1.70. The van der Waals surface area contributed by atoms with Crippen molar-refractivity contribution in [1.29, 1.82) is 0 Å². The van der Waals surface area contributed by atoms with Crippen molar-refractivity contribution in [2.45, 2.75) is 52.1 Å². The third-order valence-electron chi connectivity index (χ3n) is 6.87. The lowest BCUT2D eigenvalue weighted by atomic mass is 9.93. The van der Waals surface area contributed by atoms with Crippen LogP contribution in [0, 0.1) is 25.7 Å². The lowest BCUT2D eigenvalue weighted by molar-refractivity contribution is 0.0734. The molecule has 0 aliphatic heterocycles. The second kappa shape index (κ2) is 8.60. The molecule has 1 heterocycles. The Kier molecular flexibility index (Phi) is 5.68. The normalized spacial score (nSPS) is 22.1. The third-order valence-corrected chi connectivity index (χ3v) is 7.87. The third kappa shape index (κ3) is 4.46. The van der Waals surface area contributed by atoms with Crippen LogP contribution in [-0.2, 0) is 19.4 Å². The smallest absolute Gasteiger partial charge is 0.343 e. The molecule has 1 N–H and O–H groups in total. The van der Waals surface area contributed by atoms with Crippen LogP contribution >= 0.6 is 11.3 Å². The molecule has 0 unspecified atom stereocenters. The number of ether oxygens (including phenoxy) is 1. The highest BCUT2D eigenvalue weighted by Crippen LogP contribution is 2.41. The Labute approximate surface area is 188 Å². The molecule has 3 aromatic rings. The Morgan fingerprint density at radius 3 is 2.42 bits per heavy atom. The highest BCUT2D eigenvalue weighted by atomic mass is 32.1. The average Bonchev–Trinajstić information content (AvgIpc) is 3.29. The van der Waals surface area contributed by atoms with E-state index in [2.05, 4.69) is 36.5 Å². The number of benzene rings is 2. The minimum Gasteiger partial charge on any atom is -0.423 e. The van der Waals surface area contributed by atoms with Gasteiger partial charge in [0.2, 0.25) is 0 Å². The van der Waals surface area contributed by atoms with Gasteiger partial charge in [-0.3, -0.25) is 0 Å². The van der Waals surface area contributed by atoms with Gasteiger partial charge in [0.1, 0.15) is 5.75 Å². The largest absolute Gasteiger partial charge is 0.423 e. The molecule has 160 valence electrons. The van der Waals surface area contributed by atoms with Crippen LogP contribution in [0.15, 0.2) is 54.6 Å². The molecule has 4 heteroatoms. The van der Waals surface area contributed by atoms with Crippen molar-refractivity contribution in [2.24, 2.45) is 11.8 Å². The number of thiophene rings is 1. The number of carbonyl (C=O) groups is 1. The van der Waals surface area contributed by atoms with Crippen molar-refractivity contribution >= 4 is 17.3 Å². The minimum atomic E-state index is -0.291. The van der Waals surface area contributed by atoms with E-state index in [0.29, 0.717) is 29.2 Å². The Balaban J connectivity index is 1.28. The summed E-state index contributed by atoms with van der Waals surface area (Å²) in [7, 11) is 0. The number of hydrogen-bond donors (Lipinski definition) is 1. The van der Waals surface area contributed by atoms with Crippen LogP contribution in [0.2, 0.25) is 0 Å². The molecule has 2 aliphatic rings. The van der Waals surface area contributed by atoms with Gasteiger partial charge < -0.3 is 10.1 Å². The van der Waals surface area contributed by atoms with E-state index in [1.807, 2.05) is 48.6 Å². The predicted molar refractivity (Wildman–Crippen MR) is 126 cm³/mol. The van der Waals surface area contributed by atoms with Crippen molar-refractivity contribution in [1.82, 2.24) is 5.32 Å². The van der Waals surface area contributed by atoms with Crippen molar-refractivity contribution in [3.05, 3.63) is 86.6 Å². The molecular weight excluding hydrogens is 402 g/mol. The maximum Gasteiger partial charge on any atom is 0.343 e. The van der Waals surface area contributed by atoms with E-state index in [9.17, 15) is 4.79 Å². The van der Waals surface area contributed by atoms with Crippen LogP contribution in [0.3, 0.4) is 0 Å². The minimum absolute atomic E-state index is 0.291. The van der Waals surface area contributed by atoms with Gasteiger partial charge in [-0.2, -0.15) is 0 Å². The Morgan fingerprint density at radius 1 is 0.968 bits per heavy atom. The van der Waals surface area contributed by atoms with Crippen LogP contribution in [-0.4, -0.2) is 12.0 Å². The summed E-state index contributed by atoms with van der Waals surface area (Å²) in [5, 5.41) is 3.89. The van der Waals surface area contributed by atoms with Gasteiger partial charge in [0.25, 0.3) is 0 Å². The van der Waals surface area contributed by atoms with Crippen molar-refractivity contribution in [2.75, 3.05) is 0 Å². The van der Waals surface area contributed by atoms with Crippen LogP contribution < -0.4 is 10.1 Å². The molecule has 3 atom stereocenters. The zero-order valence-corrected chi connectivity index (χ0v) is 19.0. The van der Waals surface area contributed by atoms with Gasteiger partial charge in [-0.25, -0.2) is 4.79 Å². The second-order valence-electron chi connectivity index (χ2n) is 9.11. The number of rotatable bonds is 5. The maximum atomic E-state index is 12.5. The zero-order chi connectivity index (χ0) is 21.4. The Bertz CT molecular complexity index is 1080. The lowest BCUT2D eigenvalue weighted by Gasteiger charge is -2.23.